The van der Waals surface area contributed by atoms with Crippen LogP contribution in [0.5, 0.6) is 0 Å². The Balaban J connectivity index is 0.990. The molecule has 0 saturated carbocycles. The summed E-state index contributed by atoms with van der Waals surface area (Å²) in [4.78, 5) is 2.38. The van der Waals surface area contributed by atoms with Crippen LogP contribution in [0.15, 0.2) is 224 Å². The second-order valence-electron chi connectivity index (χ2n) is 17.0. The molecule has 14 rings (SSSR count). The van der Waals surface area contributed by atoms with E-state index in [-0.39, 0.29) is 11.8 Å². The predicted molar refractivity (Wildman–Crippen MR) is 255 cm³/mol. The fraction of sp³-hybridized carbons (Fsp3) is 0.0333. The Hall–Kier alpha value is -7.74. The monoisotopic (exact) mass is 771 g/mol. The third kappa shape index (κ3) is 4.45. The summed E-state index contributed by atoms with van der Waals surface area (Å²) in [5.74, 6) is 0.416. The van der Waals surface area contributed by atoms with E-state index in [9.17, 15) is 0 Å². The number of anilines is 3. The number of para-hydroxylation sites is 2. The van der Waals surface area contributed by atoms with Gasteiger partial charge in [0.15, 0.2) is 0 Å². The highest BCUT2D eigenvalue weighted by Crippen LogP contribution is 2.64. The predicted octanol–water partition coefficient (Wildman–Crippen LogP) is 16.0. The molecular formula is C60H37N. The van der Waals surface area contributed by atoms with E-state index in [4.69, 9.17) is 0 Å². The van der Waals surface area contributed by atoms with E-state index in [0.29, 0.717) is 0 Å². The third-order valence-corrected chi connectivity index (χ3v) is 14.0. The van der Waals surface area contributed by atoms with Gasteiger partial charge in [-0.1, -0.05) is 176 Å². The lowest BCUT2D eigenvalue weighted by molar-refractivity contribution is 0.921. The van der Waals surface area contributed by atoms with Crippen LogP contribution in [0, 0.1) is 0 Å². The molecule has 0 bridgehead atoms. The van der Waals surface area contributed by atoms with E-state index in [1.165, 1.54) is 116 Å². The van der Waals surface area contributed by atoms with Crippen molar-refractivity contribution in [3.05, 3.63) is 246 Å². The Morgan fingerprint density at radius 1 is 0.328 bits per heavy atom. The van der Waals surface area contributed by atoms with Crippen molar-refractivity contribution in [3.63, 3.8) is 0 Å². The van der Waals surface area contributed by atoms with E-state index in [1.807, 2.05) is 0 Å². The summed E-state index contributed by atoms with van der Waals surface area (Å²) in [6, 6.07) is 69.6. The first-order valence-electron chi connectivity index (χ1n) is 21.5. The molecule has 0 amide bonds. The Labute approximate surface area is 355 Å². The molecule has 2 atom stereocenters. The molecule has 61 heavy (non-hydrogen) atoms. The highest BCUT2D eigenvalue weighted by molar-refractivity contribution is 6.29. The summed E-state index contributed by atoms with van der Waals surface area (Å²) < 4.78 is 0. The molecule has 0 radical (unpaired) electrons. The van der Waals surface area contributed by atoms with Crippen LogP contribution in [-0.2, 0) is 0 Å². The minimum Gasteiger partial charge on any atom is -0.310 e. The molecule has 5 aliphatic rings. The van der Waals surface area contributed by atoms with Crippen LogP contribution in [0.4, 0.5) is 17.1 Å². The van der Waals surface area contributed by atoms with Crippen LogP contribution in [0.2, 0.25) is 0 Å². The van der Waals surface area contributed by atoms with Crippen molar-refractivity contribution in [1.29, 1.82) is 0 Å². The van der Waals surface area contributed by atoms with Crippen LogP contribution in [0.3, 0.4) is 0 Å². The quantitative estimate of drug-likeness (QED) is 0.168. The zero-order chi connectivity index (χ0) is 39.8. The number of rotatable bonds is 5. The number of fused-ring (bicyclic) bond motifs is 9. The maximum absolute atomic E-state index is 2.51. The zero-order valence-electron chi connectivity index (χ0n) is 33.3. The fourth-order valence-electron chi connectivity index (χ4n) is 11.7. The van der Waals surface area contributed by atoms with E-state index >= 15 is 0 Å². The highest BCUT2D eigenvalue weighted by atomic mass is 15.1. The average Bonchev–Trinajstić information content (AvgIpc) is 3.84. The molecular weight excluding hydrogens is 735 g/mol. The molecule has 0 aliphatic heterocycles. The first-order valence-corrected chi connectivity index (χ1v) is 21.5. The molecule has 0 saturated heterocycles. The van der Waals surface area contributed by atoms with Gasteiger partial charge in [-0.3, -0.25) is 0 Å². The van der Waals surface area contributed by atoms with Crippen LogP contribution >= 0.6 is 0 Å². The lowest BCUT2D eigenvalue weighted by atomic mass is 9.67. The zero-order valence-corrected chi connectivity index (χ0v) is 33.3. The summed E-state index contributed by atoms with van der Waals surface area (Å²) >= 11 is 0. The van der Waals surface area contributed by atoms with Crippen LogP contribution in [0.1, 0.15) is 34.1 Å². The largest absolute Gasteiger partial charge is 0.310 e. The Bertz CT molecular complexity index is 3360. The highest BCUT2D eigenvalue weighted by Gasteiger charge is 2.43. The van der Waals surface area contributed by atoms with Gasteiger partial charge >= 0.3 is 0 Å². The summed E-state index contributed by atoms with van der Waals surface area (Å²) in [5, 5.41) is 5.40. The summed E-state index contributed by atoms with van der Waals surface area (Å²) in [6.07, 6.45) is 9.91. The van der Waals surface area contributed by atoms with Gasteiger partial charge in [-0.2, -0.15) is 0 Å². The topological polar surface area (TPSA) is 3.24 Å². The van der Waals surface area contributed by atoms with Gasteiger partial charge in [0.2, 0.25) is 0 Å². The molecule has 0 N–H and O–H groups in total. The van der Waals surface area contributed by atoms with Gasteiger partial charge in [-0.25, -0.2) is 0 Å². The van der Waals surface area contributed by atoms with Crippen molar-refractivity contribution in [3.8, 4) is 44.5 Å². The van der Waals surface area contributed by atoms with Crippen molar-refractivity contribution in [2.24, 2.45) is 0 Å². The minimum absolute atomic E-state index is 0.182. The molecule has 0 heterocycles. The van der Waals surface area contributed by atoms with Crippen molar-refractivity contribution < 1.29 is 0 Å². The van der Waals surface area contributed by atoms with Gasteiger partial charge in [-0.05, 0) is 147 Å². The molecule has 5 aliphatic carbocycles. The number of nitrogens with zero attached hydrogens (tertiary/aromatic N) is 1. The Morgan fingerprint density at radius 2 is 0.787 bits per heavy atom. The smallest absolute Gasteiger partial charge is 0.0468 e. The Morgan fingerprint density at radius 3 is 1.36 bits per heavy atom. The molecule has 282 valence electrons. The van der Waals surface area contributed by atoms with Gasteiger partial charge in [0.05, 0.1) is 0 Å². The van der Waals surface area contributed by atoms with E-state index in [1.54, 1.807) is 0 Å². The maximum Gasteiger partial charge on any atom is 0.0468 e. The van der Waals surface area contributed by atoms with Gasteiger partial charge in [0.1, 0.15) is 0 Å². The van der Waals surface area contributed by atoms with Gasteiger partial charge in [-0.15, -0.1) is 0 Å². The van der Waals surface area contributed by atoms with Crippen molar-refractivity contribution in [2.75, 3.05) is 4.90 Å². The number of benzene rings is 9. The molecule has 0 fully saturated rings. The normalized spacial score (nSPS) is 16.9. The maximum atomic E-state index is 2.51. The van der Waals surface area contributed by atoms with Crippen LogP contribution < -0.4 is 4.90 Å². The van der Waals surface area contributed by atoms with Gasteiger partial charge < -0.3 is 4.90 Å². The molecule has 1 heteroatoms. The van der Waals surface area contributed by atoms with E-state index < -0.39 is 0 Å². The van der Waals surface area contributed by atoms with Crippen molar-refractivity contribution in [2.45, 2.75) is 11.8 Å². The van der Waals surface area contributed by atoms with Crippen molar-refractivity contribution >= 4 is 49.8 Å². The number of hydrogen-bond acceptors (Lipinski definition) is 1. The number of hydrogen-bond donors (Lipinski definition) is 0. The lowest BCUT2D eigenvalue weighted by Gasteiger charge is -2.36. The van der Waals surface area contributed by atoms with Crippen LogP contribution in [-0.4, -0.2) is 0 Å². The second-order valence-corrected chi connectivity index (χ2v) is 17.0. The van der Waals surface area contributed by atoms with Crippen molar-refractivity contribution in [1.82, 2.24) is 0 Å². The molecule has 0 spiro atoms. The van der Waals surface area contributed by atoms with Gasteiger partial charge in [0, 0.05) is 28.9 Å². The molecule has 1 nitrogen and oxygen atoms in total. The average molecular weight is 772 g/mol. The van der Waals surface area contributed by atoms with E-state index in [0.717, 1.165) is 11.4 Å². The van der Waals surface area contributed by atoms with E-state index in [2.05, 4.69) is 217 Å². The minimum atomic E-state index is 0.182. The standard InChI is InChI=1S/C60H37N/c1-5-15-36(16-6-1)53-42-23-13-14-24-43(42)54(37-17-7-2-8-18-37)60-51-34-32-48-46-29-30-49-52-35-40(61(38-19-9-3-10-20-38)39-21-11-4-12-22-39)25-26-41(52)44-27-28-45(56(46)55(44)49)47-31-33-50(59(53)60)58(51)57(47)48/h1-35,44,46H. The summed E-state index contributed by atoms with van der Waals surface area (Å²) in [5.41, 5.74) is 25.3. The SMILES string of the molecule is C1=CC2C3=C(C=CC4C3=C1c1cc(N(c3ccccc3)c3ccccc3)ccc14)c1ccc3c4c(ccc2c14)-c1c-3c(-c2ccccc2)c2ccccc2c1-c1ccccc1. The molecule has 9 aromatic carbocycles. The molecule has 9 aromatic rings. The Kier molecular flexibility index (Phi) is 6.73. The second kappa shape index (κ2) is 12.4. The fourth-order valence-corrected chi connectivity index (χ4v) is 11.7. The lowest BCUT2D eigenvalue weighted by Crippen LogP contribution is -2.17. The summed E-state index contributed by atoms with van der Waals surface area (Å²) in [7, 11) is 0. The first kappa shape index (κ1) is 33.1. The number of allylic oxidation sites excluding steroid dienone is 8. The van der Waals surface area contributed by atoms with Gasteiger partial charge in [0.25, 0.3) is 0 Å². The molecule has 0 aromatic heterocycles. The molecule has 2 unspecified atom stereocenters. The summed E-state index contributed by atoms with van der Waals surface area (Å²) in [6.45, 7) is 0. The first-order chi connectivity index (χ1) is 30.3. The third-order valence-electron chi connectivity index (χ3n) is 14.0. The van der Waals surface area contributed by atoms with Crippen LogP contribution in [0.25, 0.3) is 77.2 Å².